The molecule has 223 valence electrons. The van der Waals surface area contributed by atoms with Crippen molar-refractivity contribution in [2.24, 2.45) is 0 Å². The normalized spacial score (nSPS) is 10.6. The smallest absolute Gasteiger partial charge is 0.550 e. The molecule has 0 aromatic carbocycles. The number of rotatable bonds is 10. The molecular formula is C20H18Mn3N4O14. The van der Waals surface area contributed by atoms with E-state index < -0.39 is 60.9 Å². The second kappa shape index (κ2) is 27.8. The summed E-state index contributed by atoms with van der Waals surface area (Å²) in [4.78, 5) is 70.8. The average molecular weight is 703 g/mol. The van der Waals surface area contributed by atoms with Crippen molar-refractivity contribution in [3.8, 4) is 0 Å². The minimum absolute atomic E-state index is 0. The topological polar surface area (TPSA) is 339 Å². The first-order chi connectivity index (χ1) is 17.6. The Morgan fingerprint density at radius 1 is 0.659 bits per heavy atom. The van der Waals surface area contributed by atoms with Crippen molar-refractivity contribution < 1.29 is 121 Å². The molecule has 0 aliphatic rings. The van der Waals surface area contributed by atoms with E-state index in [9.17, 15) is 59.4 Å². The molecule has 0 saturated carbocycles. The third-order valence-electron chi connectivity index (χ3n) is 3.10. The van der Waals surface area contributed by atoms with Crippen molar-refractivity contribution >= 4 is 48.0 Å². The van der Waals surface area contributed by atoms with Crippen LogP contribution in [-0.4, -0.2) is 78.2 Å². The number of aromatic nitrogens is 4. The minimum Gasteiger partial charge on any atom is -0.550 e. The molecule has 2 unspecified atom stereocenters. The van der Waals surface area contributed by atoms with Crippen LogP contribution in [0.3, 0.4) is 0 Å². The van der Waals surface area contributed by atoms with Crippen molar-refractivity contribution in [3.63, 3.8) is 0 Å². The Balaban J connectivity index is -0.000000137. The summed E-state index contributed by atoms with van der Waals surface area (Å²) in [6.45, 7) is 0. The molecule has 0 spiro atoms. The number of imidazole rings is 2. The molecule has 0 aliphatic heterocycles. The number of carboxylic acids is 6. The van der Waals surface area contributed by atoms with Crippen LogP contribution in [-0.2, 0) is 80.0 Å². The van der Waals surface area contributed by atoms with Crippen molar-refractivity contribution in [2.75, 3.05) is 0 Å². The van der Waals surface area contributed by atoms with Crippen LogP contribution >= 0.6 is 0 Å². The number of nitrogens with zero attached hydrogens (tertiary/aromatic N) is 2. The summed E-state index contributed by atoms with van der Waals surface area (Å²) in [5, 5.41) is 74.4. The fourth-order valence-electron chi connectivity index (χ4n) is 1.51. The molecule has 41 heavy (non-hydrogen) atoms. The van der Waals surface area contributed by atoms with Crippen molar-refractivity contribution in [3.05, 3.63) is 48.6 Å². The minimum atomic E-state index is -1.96. The number of hydrogen-bond acceptors (Lipinski definition) is 16. The molecule has 0 bridgehead atoms. The predicted molar refractivity (Wildman–Crippen MR) is 107 cm³/mol. The van der Waals surface area contributed by atoms with Crippen LogP contribution < -0.4 is 30.6 Å². The molecule has 0 fully saturated rings. The molecule has 21 heteroatoms. The number of hydrogen-bond donors (Lipinski definition) is 4. The zero-order valence-corrected chi connectivity index (χ0v) is 23.6. The standard InChI is InChI=1S/2C6H6N2O2.2C4H6O5.3Mn/c2*9-6(10)2-1-5-3-7-4-8-5;2*5-2(4(8)9)1-3(6)7;;;/h2*1-4H,(H,7,8)(H,9,10);2*2,5H,1H2,(H,6,7)(H,8,9);;;/q;;;;3*+2/p-6. The van der Waals surface area contributed by atoms with Gasteiger partial charge in [0.05, 0.1) is 72.5 Å². The first kappa shape index (κ1) is 47.0. The monoisotopic (exact) mass is 703 g/mol. The largest absolute Gasteiger partial charge is 2.00 e. The number of H-pyrrole nitrogens is 2. The number of carbonyl (C=O) groups excluding carboxylic acids is 6. The Bertz CT molecular complexity index is 1010. The molecule has 0 amide bonds. The number of aliphatic carboxylic acids is 6. The van der Waals surface area contributed by atoms with Gasteiger partial charge in [-0.15, -0.1) is 0 Å². The molecule has 2 aromatic rings. The summed E-state index contributed by atoms with van der Waals surface area (Å²) in [6.07, 6.45) is 4.81. The fourth-order valence-corrected chi connectivity index (χ4v) is 1.51. The average Bonchev–Trinajstić information content (AvgIpc) is 3.51. The Morgan fingerprint density at radius 2 is 0.951 bits per heavy atom. The van der Waals surface area contributed by atoms with Gasteiger partial charge in [0.15, 0.2) is 0 Å². The molecule has 2 rings (SSSR count). The van der Waals surface area contributed by atoms with E-state index in [1.807, 2.05) is 0 Å². The molecule has 3 radical (unpaired) electrons. The first-order valence-electron chi connectivity index (χ1n) is 9.58. The van der Waals surface area contributed by atoms with E-state index in [0.29, 0.717) is 11.4 Å². The molecule has 2 aromatic heterocycles. The van der Waals surface area contributed by atoms with Crippen LogP contribution in [0.4, 0.5) is 0 Å². The Hall–Kier alpha value is -3.80. The fraction of sp³-hybridized carbons (Fsp3) is 0.200. The van der Waals surface area contributed by atoms with Gasteiger partial charge in [-0.05, 0) is 24.3 Å². The zero-order chi connectivity index (χ0) is 29.7. The van der Waals surface area contributed by atoms with Crippen molar-refractivity contribution in [1.29, 1.82) is 0 Å². The Labute approximate surface area is 261 Å². The molecule has 0 saturated heterocycles. The molecule has 2 atom stereocenters. The van der Waals surface area contributed by atoms with Crippen LogP contribution in [0.5, 0.6) is 0 Å². The summed E-state index contributed by atoms with van der Waals surface area (Å²) in [6, 6.07) is 0. The Kier molecular flexibility index (Phi) is 31.8. The maximum Gasteiger partial charge on any atom is 2.00 e. The van der Waals surface area contributed by atoms with E-state index in [1.54, 1.807) is 0 Å². The number of carboxylic acid groups (broad SMARTS) is 6. The number of aliphatic hydroxyl groups is 2. The number of aliphatic hydroxyl groups excluding tert-OH is 2. The zero-order valence-electron chi connectivity index (χ0n) is 20.0. The van der Waals surface area contributed by atoms with Gasteiger partial charge >= 0.3 is 51.2 Å². The van der Waals surface area contributed by atoms with Crippen molar-refractivity contribution in [1.82, 2.24) is 19.9 Å². The van der Waals surface area contributed by atoms with E-state index in [1.165, 1.54) is 37.2 Å². The second-order valence-electron chi connectivity index (χ2n) is 6.14. The Morgan fingerprint density at radius 3 is 1.10 bits per heavy atom. The van der Waals surface area contributed by atoms with E-state index in [-0.39, 0.29) is 51.2 Å². The summed E-state index contributed by atoms with van der Waals surface area (Å²) in [5.41, 5.74) is 1.29. The number of nitrogens with one attached hydrogen (secondary N) is 2. The van der Waals surface area contributed by atoms with Gasteiger partial charge in [-0.3, -0.25) is 0 Å². The predicted octanol–water partition coefficient (Wildman–Crippen LogP) is -9.19. The third-order valence-corrected chi connectivity index (χ3v) is 3.10. The molecular weight excluding hydrogens is 685 g/mol. The third kappa shape index (κ3) is 32.3. The second-order valence-corrected chi connectivity index (χ2v) is 6.14. The van der Waals surface area contributed by atoms with Gasteiger partial charge in [0.25, 0.3) is 0 Å². The summed E-state index contributed by atoms with van der Waals surface area (Å²) in [7, 11) is 0. The van der Waals surface area contributed by atoms with Gasteiger partial charge in [-0.1, -0.05) is 0 Å². The van der Waals surface area contributed by atoms with Gasteiger partial charge in [0.2, 0.25) is 0 Å². The maximum absolute atomic E-state index is 9.86. The maximum atomic E-state index is 9.86. The summed E-state index contributed by atoms with van der Waals surface area (Å²) >= 11 is 0. The molecule has 0 aliphatic carbocycles. The van der Waals surface area contributed by atoms with Crippen LogP contribution in [0.2, 0.25) is 0 Å². The molecule has 18 nitrogen and oxygen atoms in total. The summed E-state index contributed by atoms with van der Waals surface area (Å²) in [5.74, 6) is -9.28. The SMILES string of the molecule is O=C([O-])C=Cc1cnc[nH]1.O=C([O-])C=Cc1cnc[nH]1.O=C([O-])CC(O)C(=O)[O-].O=C([O-])CC(O)C(=O)[O-].[Mn+2].[Mn+2].[Mn+2]. The van der Waals surface area contributed by atoms with Crippen LogP contribution in [0, 0.1) is 0 Å². The van der Waals surface area contributed by atoms with Crippen molar-refractivity contribution in [2.45, 2.75) is 25.0 Å². The van der Waals surface area contributed by atoms with E-state index >= 15 is 0 Å². The molecule has 4 N–H and O–H groups in total. The van der Waals surface area contributed by atoms with Gasteiger partial charge in [-0.2, -0.15) is 0 Å². The van der Waals surface area contributed by atoms with E-state index in [0.717, 1.165) is 12.2 Å². The quantitative estimate of drug-likeness (QED) is 0.132. The summed E-state index contributed by atoms with van der Waals surface area (Å²) < 4.78 is 0. The van der Waals surface area contributed by atoms with E-state index in [2.05, 4.69) is 19.9 Å². The van der Waals surface area contributed by atoms with E-state index in [4.69, 9.17) is 10.2 Å². The molecule has 2 heterocycles. The van der Waals surface area contributed by atoms with Gasteiger partial charge in [-0.25, -0.2) is 9.97 Å². The van der Waals surface area contributed by atoms with Gasteiger partial charge in [0, 0.05) is 24.8 Å². The van der Waals surface area contributed by atoms with Gasteiger partial charge < -0.3 is 79.6 Å². The van der Waals surface area contributed by atoms with Crippen LogP contribution in [0.15, 0.2) is 37.2 Å². The van der Waals surface area contributed by atoms with Crippen LogP contribution in [0.25, 0.3) is 12.2 Å². The number of aromatic amines is 2. The van der Waals surface area contributed by atoms with Crippen LogP contribution in [0.1, 0.15) is 24.2 Å². The van der Waals surface area contributed by atoms with Gasteiger partial charge in [0.1, 0.15) is 0 Å². The number of carbonyl (C=O) groups is 6. The first-order valence-corrected chi connectivity index (χ1v) is 9.58.